The van der Waals surface area contributed by atoms with Crippen LogP contribution >= 0.6 is 22.2 Å². The summed E-state index contributed by atoms with van der Waals surface area (Å²) in [6.45, 7) is 2.02. The topological polar surface area (TPSA) is 0 Å². The molecule has 0 amide bonds. The van der Waals surface area contributed by atoms with Gasteiger partial charge in [0.05, 0.1) is 0 Å². The van der Waals surface area contributed by atoms with E-state index in [0.29, 0.717) is 0 Å². The maximum atomic E-state index is 5.73. The fourth-order valence-electron chi connectivity index (χ4n) is 0.325. The normalized spacial score (nSPS) is 13.0. The van der Waals surface area contributed by atoms with Gasteiger partial charge in [0, 0.05) is 0 Å². The molecule has 0 saturated carbocycles. The van der Waals surface area contributed by atoms with Gasteiger partial charge in [-0.15, -0.1) is 22.2 Å². The summed E-state index contributed by atoms with van der Waals surface area (Å²) in [6.07, 6.45) is 3.02. The minimum absolute atomic E-state index is 1.02. The molecule has 0 aliphatic carbocycles. The van der Waals surface area contributed by atoms with Crippen LogP contribution in [-0.4, -0.2) is 6.69 Å². The first-order valence-electron chi connectivity index (χ1n) is 2.62. The third-order valence-corrected chi connectivity index (χ3v) is 2.22. The van der Waals surface area contributed by atoms with E-state index in [4.69, 9.17) is 22.2 Å². The lowest BCUT2D eigenvalue weighted by Gasteiger charge is -1.99. The Labute approximate surface area is 60.9 Å². The van der Waals surface area contributed by atoms with Crippen molar-refractivity contribution in [1.82, 2.24) is 0 Å². The Bertz CT molecular complexity index is 82.9. The molecule has 3 heteroatoms. The van der Waals surface area contributed by atoms with E-state index >= 15 is 0 Å². The zero-order chi connectivity index (χ0) is 6.62. The second-order valence-electron chi connectivity index (χ2n) is 1.77. The molecule has 0 aliphatic rings. The van der Waals surface area contributed by atoms with E-state index in [1.807, 2.05) is 18.3 Å². The Morgan fingerprint density at radius 2 is 2.00 bits per heavy atom. The van der Waals surface area contributed by atoms with Crippen LogP contribution < -0.4 is 0 Å². The van der Waals surface area contributed by atoms with Crippen LogP contribution in [0.4, 0.5) is 0 Å². The molecule has 48 valence electrons. The molecule has 0 saturated heterocycles. The Morgan fingerprint density at radius 3 is 2.12 bits per heavy atom. The molecule has 0 fully saturated rings. The van der Waals surface area contributed by atoms with Crippen molar-refractivity contribution in [1.29, 1.82) is 0 Å². The first-order chi connectivity index (χ1) is 3.56. The Kier molecular flexibility index (Phi) is 3.78. The minimum Gasteiger partial charge on any atom is -0.141 e. The molecule has 0 bridgehead atoms. The molecule has 0 aromatic rings. The highest BCUT2D eigenvalue weighted by atomic mass is 35.7. The highest BCUT2D eigenvalue weighted by molar-refractivity contribution is 7.47. The maximum Gasteiger partial charge on any atom is 0.270 e. The summed E-state index contributed by atoms with van der Waals surface area (Å²) in [6, 6.07) is 0. The summed E-state index contributed by atoms with van der Waals surface area (Å²) in [4.78, 5) is 0. The molecular weight excluding hydrogens is 159 g/mol. The minimum atomic E-state index is -1.91. The quantitative estimate of drug-likeness (QED) is 0.440. The summed E-state index contributed by atoms with van der Waals surface area (Å²) >= 11 is 11.5. The highest BCUT2D eigenvalue weighted by Gasteiger charge is 2.14. The van der Waals surface area contributed by atoms with Crippen LogP contribution in [0.25, 0.3) is 0 Å². The predicted octanol–water partition coefficient (Wildman–Crippen LogP) is 3.04. The van der Waals surface area contributed by atoms with Crippen molar-refractivity contribution in [2.75, 3.05) is 0 Å². The van der Waals surface area contributed by atoms with E-state index in [2.05, 4.69) is 6.92 Å². The maximum absolute atomic E-state index is 5.73. The van der Waals surface area contributed by atoms with Gasteiger partial charge in [0.2, 0.25) is 0 Å². The standard InChI is InChI=1S/C5H10Cl2Si/c1-3-4-5-8(2,6)7/h4-5H,3H2,1-2H3. The number of halogens is 2. The third-order valence-electron chi connectivity index (χ3n) is 0.646. The fraction of sp³-hybridized carbons (Fsp3) is 0.600. The lowest BCUT2D eigenvalue weighted by molar-refractivity contribution is 1.23. The molecule has 0 heterocycles. The van der Waals surface area contributed by atoms with Gasteiger partial charge >= 0.3 is 0 Å². The van der Waals surface area contributed by atoms with Crippen LogP contribution in [0.2, 0.25) is 6.55 Å². The Morgan fingerprint density at radius 1 is 1.50 bits per heavy atom. The van der Waals surface area contributed by atoms with Gasteiger partial charge in [-0.3, -0.25) is 0 Å². The Balaban J connectivity index is 3.52. The van der Waals surface area contributed by atoms with Gasteiger partial charge in [-0.05, 0) is 13.0 Å². The lowest BCUT2D eigenvalue weighted by Crippen LogP contribution is -2.06. The molecule has 0 nitrogen and oxygen atoms in total. The summed E-state index contributed by atoms with van der Waals surface area (Å²) in [7, 11) is 0. The monoisotopic (exact) mass is 168 g/mol. The zero-order valence-corrected chi connectivity index (χ0v) is 7.63. The van der Waals surface area contributed by atoms with Crippen molar-refractivity contribution in [3.8, 4) is 0 Å². The molecule has 0 spiro atoms. The van der Waals surface area contributed by atoms with Crippen LogP contribution in [-0.2, 0) is 0 Å². The van der Waals surface area contributed by atoms with E-state index in [0.717, 1.165) is 6.42 Å². The van der Waals surface area contributed by atoms with Crippen molar-refractivity contribution in [3.63, 3.8) is 0 Å². The number of hydrogen-bond acceptors (Lipinski definition) is 0. The second-order valence-corrected chi connectivity index (χ2v) is 9.30. The zero-order valence-electron chi connectivity index (χ0n) is 5.12. The van der Waals surface area contributed by atoms with Crippen LogP contribution in [0, 0.1) is 0 Å². The summed E-state index contributed by atoms with van der Waals surface area (Å²) in [5.74, 6) is 0. The van der Waals surface area contributed by atoms with Crippen molar-refractivity contribution in [3.05, 3.63) is 11.8 Å². The fourth-order valence-corrected chi connectivity index (χ4v) is 1.51. The van der Waals surface area contributed by atoms with Gasteiger partial charge in [-0.25, -0.2) is 0 Å². The summed E-state index contributed by atoms with van der Waals surface area (Å²) in [5.41, 5.74) is 1.91. The molecule has 0 aromatic carbocycles. The molecule has 0 rings (SSSR count). The number of allylic oxidation sites excluding steroid dienone is 1. The number of hydrogen-bond donors (Lipinski definition) is 0. The molecule has 0 aromatic heterocycles. The van der Waals surface area contributed by atoms with Crippen LogP contribution in [0.1, 0.15) is 13.3 Å². The molecular formula is C5H10Cl2Si. The van der Waals surface area contributed by atoms with E-state index in [9.17, 15) is 0 Å². The lowest BCUT2D eigenvalue weighted by atomic mass is 10.5. The SMILES string of the molecule is CCC=C[Si](C)(Cl)Cl. The predicted molar refractivity (Wildman–Crippen MR) is 42.8 cm³/mol. The van der Waals surface area contributed by atoms with Crippen molar-refractivity contribution < 1.29 is 0 Å². The summed E-state index contributed by atoms with van der Waals surface area (Å²) in [5, 5.41) is 0. The molecule has 0 unspecified atom stereocenters. The molecule has 0 atom stereocenters. The molecule has 8 heavy (non-hydrogen) atoms. The van der Waals surface area contributed by atoms with E-state index < -0.39 is 6.69 Å². The third kappa shape index (κ3) is 6.54. The van der Waals surface area contributed by atoms with E-state index in [-0.39, 0.29) is 0 Å². The average Bonchev–Trinajstić information content (AvgIpc) is 1.59. The van der Waals surface area contributed by atoms with Crippen LogP contribution in [0.3, 0.4) is 0 Å². The first kappa shape index (κ1) is 8.54. The van der Waals surface area contributed by atoms with E-state index in [1.54, 1.807) is 0 Å². The molecule has 0 N–H and O–H groups in total. The van der Waals surface area contributed by atoms with Crippen molar-refractivity contribution in [2.24, 2.45) is 0 Å². The van der Waals surface area contributed by atoms with Gasteiger partial charge in [0.1, 0.15) is 0 Å². The van der Waals surface area contributed by atoms with Gasteiger partial charge in [0.15, 0.2) is 0 Å². The van der Waals surface area contributed by atoms with Gasteiger partial charge in [-0.1, -0.05) is 18.7 Å². The van der Waals surface area contributed by atoms with Gasteiger partial charge in [-0.2, -0.15) is 0 Å². The van der Waals surface area contributed by atoms with E-state index in [1.165, 1.54) is 0 Å². The number of rotatable bonds is 2. The van der Waals surface area contributed by atoms with Gasteiger partial charge in [0.25, 0.3) is 6.69 Å². The highest BCUT2D eigenvalue weighted by Crippen LogP contribution is 2.14. The van der Waals surface area contributed by atoms with Gasteiger partial charge < -0.3 is 0 Å². The van der Waals surface area contributed by atoms with Crippen molar-refractivity contribution >= 4 is 28.9 Å². The van der Waals surface area contributed by atoms with Crippen LogP contribution in [0.15, 0.2) is 11.8 Å². The second kappa shape index (κ2) is 3.54. The molecule has 0 radical (unpaired) electrons. The summed E-state index contributed by atoms with van der Waals surface area (Å²) < 4.78 is 0. The first-order valence-corrected chi connectivity index (χ1v) is 7.22. The van der Waals surface area contributed by atoms with Crippen LogP contribution in [0.5, 0.6) is 0 Å². The molecule has 0 aliphatic heterocycles. The average molecular weight is 169 g/mol. The largest absolute Gasteiger partial charge is 0.270 e. The Hall–Kier alpha value is 0.537. The van der Waals surface area contributed by atoms with Crippen molar-refractivity contribution in [2.45, 2.75) is 19.9 Å². The smallest absolute Gasteiger partial charge is 0.141 e.